The van der Waals surface area contributed by atoms with Crippen molar-refractivity contribution in [3.8, 4) is 0 Å². The quantitative estimate of drug-likeness (QED) is 0.0459. The van der Waals surface area contributed by atoms with Gasteiger partial charge in [-0.25, -0.2) is 0 Å². The summed E-state index contributed by atoms with van der Waals surface area (Å²) >= 11 is 0. The summed E-state index contributed by atoms with van der Waals surface area (Å²) in [4.78, 5) is 13.5. The van der Waals surface area contributed by atoms with Gasteiger partial charge in [-0.05, 0) is 45.3 Å². The topological polar surface area (TPSA) is 43.4 Å². The predicted molar refractivity (Wildman–Crippen MR) is 227 cm³/mol. The molecule has 52 heavy (non-hydrogen) atoms. The molecule has 0 aliphatic carbocycles. The van der Waals surface area contributed by atoms with E-state index in [1.54, 1.807) is 0 Å². The van der Waals surface area contributed by atoms with Gasteiger partial charge in [-0.2, -0.15) is 0 Å². The van der Waals surface area contributed by atoms with Crippen molar-refractivity contribution in [2.45, 2.75) is 284 Å². The summed E-state index contributed by atoms with van der Waals surface area (Å²) in [6, 6.07) is 0. The third kappa shape index (κ3) is 49.1. The van der Waals surface area contributed by atoms with E-state index < -0.39 is 5.97 Å². The summed E-state index contributed by atoms with van der Waals surface area (Å²) in [5.74, 6) is -0.896. The Balaban J connectivity index is 0. The molecule has 0 saturated heterocycles. The fourth-order valence-corrected chi connectivity index (χ4v) is 7.96. The van der Waals surface area contributed by atoms with E-state index in [2.05, 4.69) is 18.7 Å². The number of carbonyl (C=O) groups excluding carboxylic acids is 1. The normalized spacial score (nSPS) is 11.4. The number of unbranched alkanes of at least 4 members (excludes halogenated alkanes) is 38. The molecule has 3 nitrogen and oxygen atoms in total. The molecule has 0 aliphatic heterocycles. The van der Waals surface area contributed by atoms with Crippen molar-refractivity contribution < 1.29 is 61.3 Å². The SMILES string of the molecule is CCCCCCCCCCCCCCCCCCCCCCN(CCCCCCCCCCCCCCCCCCCCCC)CCCC(=O)[O-].[K+]. The van der Waals surface area contributed by atoms with Crippen LogP contribution in [0.25, 0.3) is 0 Å². The van der Waals surface area contributed by atoms with Gasteiger partial charge in [0.25, 0.3) is 0 Å². The zero-order valence-corrected chi connectivity index (χ0v) is 39.7. The third-order valence-corrected chi connectivity index (χ3v) is 11.5. The fourth-order valence-electron chi connectivity index (χ4n) is 7.96. The van der Waals surface area contributed by atoms with Crippen LogP contribution in [0, 0.1) is 0 Å². The summed E-state index contributed by atoms with van der Waals surface area (Å²) in [7, 11) is 0. The summed E-state index contributed by atoms with van der Waals surface area (Å²) < 4.78 is 0. The Morgan fingerprint density at radius 2 is 0.481 bits per heavy atom. The minimum absolute atomic E-state index is 0. The second-order valence-electron chi connectivity index (χ2n) is 16.8. The summed E-state index contributed by atoms with van der Waals surface area (Å²) in [6.45, 7) is 7.81. The minimum atomic E-state index is -0.896. The standard InChI is InChI=1S/C48H97NO2.K/c1-3-5-7-9-11-13-15-17-19-21-23-25-27-29-31-33-35-37-39-41-45-49(47-43-44-48(50)51)46-42-40-38-36-34-32-30-28-26-24-22-20-18-16-14-12-10-8-6-4-2;/h3-47H2,1-2H3,(H,50,51);/q;+1/p-1. The molecule has 0 bridgehead atoms. The van der Waals surface area contributed by atoms with Crippen molar-refractivity contribution in [2.75, 3.05) is 19.6 Å². The Morgan fingerprint density at radius 3 is 0.673 bits per heavy atom. The summed E-state index contributed by atoms with van der Waals surface area (Å²) in [5, 5.41) is 10.9. The van der Waals surface area contributed by atoms with Crippen LogP contribution in [0.4, 0.5) is 0 Å². The van der Waals surface area contributed by atoms with Gasteiger partial charge in [0, 0.05) is 5.97 Å². The molecule has 0 radical (unpaired) electrons. The maximum absolute atomic E-state index is 10.9. The van der Waals surface area contributed by atoms with Gasteiger partial charge in [0.2, 0.25) is 0 Å². The smallest absolute Gasteiger partial charge is 0.550 e. The molecule has 0 aromatic rings. The number of carboxylic acids is 1. The second kappa shape index (κ2) is 50.1. The molecule has 0 aromatic heterocycles. The second-order valence-corrected chi connectivity index (χ2v) is 16.8. The molecule has 4 heteroatoms. The van der Waals surface area contributed by atoms with Crippen LogP contribution in [0.15, 0.2) is 0 Å². The number of rotatable bonds is 46. The minimum Gasteiger partial charge on any atom is -0.550 e. The van der Waals surface area contributed by atoms with Crippen LogP contribution < -0.4 is 56.5 Å². The van der Waals surface area contributed by atoms with E-state index in [1.165, 1.54) is 257 Å². The molecule has 0 aliphatic rings. The Morgan fingerprint density at radius 1 is 0.308 bits per heavy atom. The number of carboxylic acid groups (broad SMARTS) is 1. The van der Waals surface area contributed by atoms with Crippen molar-refractivity contribution in [3.05, 3.63) is 0 Å². The first-order valence-electron chi connectivity index (χ1n) is 24.1. The van der Waals surface area contributed by atoms with Gasteiger partial charge < -0.3 is 14.8 Å². The predicted octanol–water partition coefficient (Wildman–Crippen LogP) is 12.5. The maximum atomic E-state index is 10.9. The molecule has 306 valence electrons. The average molecular weight is 758 g/mol. The molecule has 0 aromatic carbocycles. The van der Waals surface area contributed by atoms with Crippen LogP contribution in [0.5, 0.6) is 0 Å². The van der Waals surface area contributed by atoms with Crippen LogP contribution in [0.2, 0.25) is 0 Å². The summed E-state index contributed by atoms with van der Waals surface area (Å²) in [6.07, 6.45) is 57.8. The van der Waals surface area contributed by atoms with E-state index in [-0.39, 0.29) is 57.8 Å². The molecule has 0 N–H and O–H groups in total. The first kappa shape index (κ1) is 55.2. The van der Waals surface area contributed by atoms with Gasteiger partial charge in [0.05, 0.1) is 0 Å². The van der Waals surface area contributed by atoms with E-state index in [9.17, 15) is 9.90 Å². The zero-order chi connectivity index (χ0) is 37.0. The van der Waals surface area contributed by atoms with E-state index in [4.69, 9.17) is 0 Å². The van der Waals surface area contributed by atoms with Crippen LogP contribution in [0.1, 0.15) is 284 Å². The first-order chi connectivity index (χ1) is 25.2. The van der Waals surface area contributed by atoms with Crippen molar-refractivity contribution in [1.82, 2.24) is 4.90 Å². The van der Waals surface area contributed by atoms with Crippen molar-refractivity contribution in [3.63, 3.8) is 0 Å². The molecule has 0 spiro atoms. The Kier molecular flexibility index (Phi) is 53.1. The Bertz CT molecular complexity index is 600. The molecule has 0 heterocycles. The van der Waals surface area contributed by atoms with E-state index in [1.807, 2.05) is 0 Å². The Labute approximate surface area is 372 Å². The van der Waals surface area contributed by atoms with E-state index >= 15 is 0 Å². The fraction of sp³-hybridized carbons (Fsp3) is 0.979. The van der Waals surface area contributed by atoms with Gasteiger partial charge >= 0.3 is 51.4 Å². The number of hydrogen-bond donors (Lipinski definition) is 0. The Hall–Kier alpha value is 1.07. The van der Waals surface area contributed by atoms with Crippen molar-refractivity contribution >= 4 is 5.97 Å². The van der Waals surface area contributed by atoms with Crippen molar-refractivity contribution in [1.29, 1.82) is 0 Å². The maximum Gasteiger partial charge on any atom is 1.00 e. The molecule has 0 rings (SSSR count). The van der Waals surface area contributed by atoms with Gasteiger partial charge in [-0.15, -0.1) is 0 Å². The van der Waals surface area contributed by atoms with Gasteiger partial charge in [-0.1, -0.05) is 258 Å². The van der Waals surface area contributed by atoms with Crippen LogP contribution in [-0.2, 0) is 4.79 Å². The van der Waals surface area contributed by atoms with Crippen LogP contribution >= 0.6 is 0 Å². The molecule has 0 amide bonds. The number of hydrogen-bond acceptors (Lipinski definition) is 3. The largest absolute Gasteiger partial charge is 1.00 e. The van der Waals surface area contributed by atoms with Gasteiger partial charge in [-0.3, -0.25) is 0 Å². The van der Waals surface area contributed by atoms with Gasteiger partial charge in [0.15, 0.2) is 0 Å². The van der Waals surface area contributed by atoms with E-state index in [0.717, 1.165) is 26.1 Å². The molecule has 0 atom stereocenters. The molecule has 0 unspecified atom stereocenters. The first-order valence-corrected chi connectivity index (χ1v) is 24.1. The summed E-state index contributed by atoms with van der Waals surface area (Å²) in [5.41, 5.74) is 0. The third-order valence-electron chi connectivity index (χ3n) is 11.5. The zero-order valence-electron chi connectivity index (χ0n) is 36.6. The molecule has 0 saturated carbocycles. The molecular formula is C48H96KNO2. The number of nitrogens with zero attached hydrogens (tertiary/aromatic N) is 1. The van der Waals surface area contributed by atoms with Crippen molar-refractivity contribution in [2.24, 2.45) is 0 Å². The van der Waals surface area contributed by atoms with Gasteiger partial charge in [0.1, 0.15) is 0 Å². The molecule has 0 fully saturated rings. The number of carbonyl (C=O) groups is 1. The number of aliphatic carboxylic acids is 1. The average Bonchev–Trinajstić information content (AvgIpc) is 3.12. The van der Waals surface area contributed by atoms with Crippen LogP contribution in [-0.4, -0.2) is 30.5 Å². The van der Waals surface area contributed by atoms with E-state index in [0.29, 0.717) is 0 Å². The van der Waals surface area contributed by atoms with Crippen LogP contribution in [0.3, 0.4) is 0 Å². The molecular weight excluding hydrogens is 662 g/mol. The monoisotopic (exact) mass is 758 g/mol.